The molecule has 23 heavy (non-hydrogen) atoms. The molecule has 2 rings (SSSR count). The lowest BCUT2D eigenvalue weighted by molar-refractivity contribution is -0.138. The first kappa shape index (κ1) is 17.2. The number of nitrogens with zero attached hydrogens (tertiary/aromatic N) is 4. The highest BCUT2D eigenvalue weighted by Gasteiger charge is 2.50. The molecule has 0 bridgehead atoms. The van der Waals surface area contributed by atoms with E-state index in [1.54, 1.807) is 26.2 Å². The van der Waals surface area contributed by atoms with Crippen LogP contribution >= 0.6 is 24.0 Å². The number of carbonyl (C=O) groups excluding carboxylic acids is 1. The van der Waals surface area contributed by atoms with Crippen molar-refractivity contribution in [3.8, 4) is 6.07 Å². The van der Waals surface area contributed by atoms with Gasteiger partial charge in [0.15, 0.2) is 10.8 Å². The van der Waals surface area contributed by atoms with E-state index in [0.717, 1.165) is 0 Å². The van der Waals surface area contributed by atoms with E-state index in [2.05, 4.69) is 4.98 Å². The average molecular weight is 350 g/mol. The van der Waals surface area contributed by atoms with Crippen molar-refractivity contribution >= 4 is 46.7 Å². The van der Waals surface area contributed by atoms with Gasteiger partial charge in [0.05, 0.1) is 11.9 Å². The van der Waals surface area contributed by atoms with Crippen molar-refractivity contribution in [3.05, 3.63) is 18.0 Å². The molecule has 0 atom stereocenters. The molecule has 1 fully saturated rings. The predicted octanol–water partition coefficient (Wildman–Crippen LogP) is 1.47. The van der Waals surface area contributed by atoms with E-state index in [1.165, 1.54) is 27.8 Å². The zero-order chi connectivity index (χ0) is 17.4. The number of anilines is 1. The van der Waals surface area contributed by atoms with Crippen LogP contribution in [0.25, 0.3) is 0 Å². The summed E-state index contributed by atoms with van der Waals surface area (Å²) in [6.07, 6.45) is 3.19. The van der Waals surface area contributed by atoms with Crippen LogP contribution in [-0.2, 0) is 9.59 Å². The SMILES string of the molecule is CSc1cc(N2C(=O)C(C)(C)N(CC(=O)O)C2=S)cnc1C#N. The second kappa shape index (κ2) is 6.14. The summed E-state index contributed by atoms with van der Waals surface area (Å²) in [6.45, 7) is 2.88. The Balaban J connectivity index is 2.48. The Morgan fingerprint density at radius 2 is 2.22 bits per heavy atom. The molecule has 0 spiro atoms. The molecule has 1 saturated heterocycles. The first-order valence-corrected chi connectivity index (χ1v) is 8.19. The fraction of sp³-hybridized carbons (Fsp3) is 0.357. The molecule has 120 valence electrons. The van der Waals surface area contributed by atoms with Crippen LogP contribution in [0.1, 0.15) is 19.5 Å². The third-order valence-corrected chi connectivity index (χ3v) is 4.69. The Kier molecular flexibility index (Phi) is 4.58. The van der Waals surface area contributed by atoms with Gasteiger partial charge in [0.2, 0.25) is 0 Å². The molecular formula is C14H14N4O3S2. The van der Waals surface area contributed by atoms with Crippen molar-refractivity contribution in [3.63, 3.8) is 0 Å². The fourth-order valence-electron chi connectivity index (χ4n) is 2.26. The van der Waals surface area contributed by atoms with Gasteiger partial charge in [-0.15, -0.1) is 11.8 Å². The molecule has 0 unspecified atom stereocenters. The number of nitriles is 1. The molecule has 1 N–H and O–H groups in total. The van der Waals surface area contributed by atoms with E-state index in [1.807, 2.05) is 6.07 Å². The maximum atomic E-state index is 12.7. The maximum absolute atomic E-state index is 12.7. The summed E-state index contributed by atoms with van der Waals surface area (Å²) >= 11 is 6.63. The standard InChI is InChI=1S/C14H14N4O3S2/c1-14(2)12(21)18(13(22)17(14)7-11(19)20)8-4-10(23-3)9(5-15)16-6-8/h4,6H,7H2,1-3H3,(H,19,20). The monoisotopic (exact) mass is 350 g/mol. The number of carbonyl (C=O) groups is 2. The summed E-state index contributed by atoms with van der Waals surface area (Å²) in [5.74, 6) is -1.40. The molecule has 0 saturated carbocycles. The topological polar surface area (TPSA) is 97.5 Å². The lowest BCUT2D eigenvalue weighted by Crippen LogP contribution is -2.46. The van der Waals surface area contributed by atoms with Crippen LogP contribution in [0.15, 0.2) is 17.2 Å². The smallest absolute Gasteiger partial charge is 0.323 e. The molecule has 0 radical (unpaired) electrons. The number of hydrogen-bond donors (Lipinski definition) is 1. The van der Waals surface area contributed by atoms with Crippen LogP contribution in [0.3, 0.4) is 0 Å². The van der Waals surface area contributed by atoms with Crippen molar-refractivity contribution < 1.29 is 14.7 Å². The van der Waals surface area contributed by atoms with E-state index >= 15 is 0 Å². The molecule has 2 heterocycles. The predicted molar refractivity (Wildman–Crippen MR) is 89.2 cm³/mol. The second-order valence-electron chi connectivity index (χ2n) is 5.32. The number of aliphatic carboxylic acids is 1. The number of thiocarbonyl (C=S) groups is 1. The average Bonchev–Trinajstić information content (AvgIpc) is 2.66. The highest BCUT2D eigenvalue weighted by molar-refractivity contribution is 7.98. The molecule has 1 aromatic rings. The minimum Gasteiger partial charge on any atom is -0.480 e. The zero-order valence-corrected chi connectivity index (χ0v) is 14.4. The minimum atomic E-state index is -1.07. The summed E-state index contributed by atoms with van der Waals surface area (Å²) < 4.78 is 0. The molecule has 1 aliphatic rings. The van der Waals surface area contributed by atoms with Crippen LogP contribution in [-0.4, -0.2) is 50.3 Å². The molecule has 0 aromatic carbocycles. The number of thioether (sulfide) groups is 1. The van der Waals surface area contributed by atoms with E-state index in [0.29, 0.717) is 10.6 Å². The van der Waals surface area contributed by atoms with Crippen molar-refractivity contribution in [2.24, 2.45) is 0 Å². The molecule has 1 aliphatic heterocycles. The Hall–Kier alpha value is -2.18. The van der Waals surface area contributed by atoms with Crippen LogP contribution in [0.5, 0.6) is 0 Å². The van der Waals surface area contributed by atoms with Crippen LogP contribution < -0.4 is 4.90 Å². The Morgan fingerprint density at radius 3 is 2.74 bits per heavy atom. The largest absolute Gasteiger partial charge is 0.480 e. The summed E-state index contributed by atoms with van der Waals surface area (Å²) in [4.78, 5) is 31.0. The van der Waals surface area contributed by atoms with Gasteiger partial charge in [-0.2, -0.15) is 5.26 Å². The van der Waals surface area contributed by atoms with Gasteiger partial charge < -0.3 is 10.0 Å². The normalized spacial score (nSPS) is 16.6. The Bertz CT molecular complexity index is 742. The van der Waals surface area contributed by atoms with Gasteiger partial charge >= 0.3 is 5.97 Å². The van der Waals surface area contributed by atoms with Crippen molar-refractivity contribution in [2.45, 2.75) is 24.3 Å². The van der Waals surface area contributed by atoms with Gasteiger partial charge in [-0.1, -0.05) is 0 Å². The van der Waals surface area contributed by atoms with Gasteiger partial charge in [-0.3, -0.25) is 14.5 Å². The van der Waals surface area contributed by atoms with Crippen molar-refractivity contribution in [2.75, 3.05) is 17.7 Å². The molecule has 9 heteroatoms. The highest BCUT2D eigenvalue weighted by Crippen LogP contribution is 2.33. The first-order chi connectivity index (χ1) is 10.7. The van der Waals surface area contributed by atoms with E-state index in [4.69, 9.17) is 22.6 Å². The molecular weight excluding hydrogens is 336 g/mol. The number of aromatic nitrogens is 1. The lowest BCUT2D eigenvalue weighted by atomic mass is 10.0. The number of rotatable bonds is 4. The van der Waals surface area contributed by atoms with Crippen LogP contribution in [0.2, 0.25) is 0 Å². The minimum absolute atomic E-state index is 0.112. The lowest BCUT2D eigenvalue weighted by Gasteiger charge is -2.27. The Morgan fingerprint density at radius 1 is 1.57 bits per heavy atom. The Labute approximate surface area is 142 Å². The van der Waals surface area contributed by atoms with Gasteiger partial charge in [0.25, 0.3) is 5.91 Å². The molecule has 7 nitrogen and oxygen atoms in total. The third kappa shape index (κ3) is 2.87. The van der Waals surface area contributed by atoms with Crippen LogP contribution in [0, 0.1) is 11.3 Å². The van der Waals surface area contributed by atoms with E-state index in [9.17, 15) is 9.59 Å². The summed E-state index contributed by atoms with van der Waals surface area (Å²) in [6, 6.07) is 3.64. The summed E-state index contributed by atoms with van der Waals surface area (Å²) in [5, 5.41) is 18.2. The quantitative estimate of drug-likeness (QED) is 0.644. The first-order valence-electron chi connectivity index (χ1n) is 6.56. The number of pyridine rings is 1. The number of amides is 1. The molecule has 1 aromatic heterocycles. The van der Waals surface area contributed by atoms with Gasteiger partial charge in [-0.25, -0.2) is 4.98 Å². The van der Waals surface area contributed by atoms with Gasteiger partial charge in [0.1, 0.15) is 18.2 Å². The van der Waals surface area contributed by atoms with Gasteiger partial charge in [0, 0.05) is 4.90 Å². The van der Waals surface area contributed by atoms with Gasteiger partial charge in [-0.05, 0) is 38.4 Å². The molecule has 0 aliphatic carbocycles. The third-order valence-electron chi connectivity index (χ3n) is 3.54. The summed E-state index contributed by atoms with van der Waals surface area (Å²) in [7, 11) is 0. The summed E-state index contributed by atoms with van der Waals surface area (Å²) in [5.41, 5.74) is -0.382. The zero-order valence-electron chi connectivity index (χ0n) is 12.7. The van der Waals surface area contributed by atoms with E-state index in [-0.39, 0.29) is 23.3 Å². The van der Waals surface area contributed by atoms with Crippen molar-refractivity contribution in [1.29, 1.82) is 5.26 Å². The second-order valence-corrected chi connectivity index (χ2v) is 6.53. The maximum Gasteiger partial charge on any atom is 0.323 e. The number of hydrogen-bond acceptors (Lipinski definition) is 6. The number of carboxylic acids is 1. The fourth-order valence-corrected chi connectivity index (χ4v) is 3.27. The van der Waals surface area contributed by atoms with E-state index < -0.39 is 11.5 Å². The van der Waals surface area contributed by atoms with Crippen LogP contribution in [0.4, 0.5) is 5.69 Å². The highest BCUT2D eigenvalue weighted by atomic mass is 32.2. The van der Waals surface area contributed by atoms with Crippen molar-refractivity contribution in [1.82, 2.24) is 9.88 Å². The molecule has 1 amide bonds. The number of carboxylic acid groups (broad SMARTS) is 1.